The van der Waals surface area contributed by atoms with E-state index >= 15 is 0 Å². The van der Waals surface area contributed by atoms with Crippen LogP contribution in [0.3, 0.4) is 0 Å². The van der Waals surface area contributed by atoms with Gasteiger partial charge in [-0.1, -0.05) is 29.8 Å². The molecule has 0 saturated carbocycles. The average molecular weight is 315 g/mol. The Kier molecular flexibility index (Phi) is 4.79. The van der Waals surface area contributed by atoms with Crippen molar-refractivity contribution in [2.45, 2.75) is 40.7 Å². The summed E-state index contributed by atoms with van der Waals surface area (Å²) in [5, 5.41) is 9.15. The Balaban J connectivity index is 3.15. The van der Waals surface area contributed by atoms with E-state index in [-0.39, 0.29) is 5.92 Å². The van der Waals surface area contributed by atoms with Gasteiger partial charge >= 0.3 is 5.97 Å². The van der Waals surface area contributed by atoms with Gasteiger partial charge in [-0.3, -0.25) is 0 Å². The fraction of sp³-hybridized carbons (Fsp3) is 0.500. The summed E-state index contributed by atoms with van der Waals surface area (Å²) in [6, 6.07) is 1.88. The molecule has 1 rings (SSSR count). The van der Waals surface area contributed by atoms with Gasteiger partial charge in [0.15, 0.2) is 6.10 Å². The minimum absolute atomic E-state index is 0.0776. The van der Waals surface area contributed by atoms with E-state index in [0.29, 0.717) is 5.75 Å². The van der Waals surface area contributed by atoms with Gasteiger partial charge in [0.1, 0.15) is 5.75 Å². The molecule has 0 heterocycles. The van der Waals surface area contributed by atoms with Crippen molar-refractivity contribution in [1.29, 1.82) is 0 Å². The first-order valence-corrected chi connectivity index (χ1v) is 6.70. The molecule has 100 valence electrons. The second kappa shape index (κ2) is 5.74. The third-order valence-corrected chi connectivity index (χ3v) is 4.28. The number of carboxylic acid groups (broad SMARTS) is 1. The van der Waals surface area contributed by atoms with E-state index in [1.54, 1.807) is 0 Å². The van der Waals surface area contributed by atoms with Crippen molar-refractivity contribution >= 4 is 21.9 Å². The third-order valence-electron chi connectivity index (χ3n) is 3.06. The van der Waals surface area contributed by atoms with Gasteiger partial charge < -0.3 is 9.84 Å². The molecular formula is C14H19BrO3. The number of halogens is 1. The molecule has 1 aromatic carbocycles. The minimum atomic E-state index is -0.928. The zero-order valence-electron chi connectivity index (χ0n) is 11.4. The van der Waals surface area contributed by atoms with Crippen molar-refractivity contribution < 1.29 is 14.6 Å². The van der Waals surface area contributed by atoms with Crippen LogP contribution in [0.15, 0.2) is 10.5 Å². The van der Waals surface area contributed by atoms with Crippen molar-refractivity contribution in [3.63, 3.8) is 0 Å². The van der Waals surface area contributed by atoms with Crippen LogP contribution in [0.1, 0.15) is 30.5 Å². The van der Waals surface area contributed by atoms with Crippen molar-refractivity contribution in [2.75, 3.05) is 0 Å². The molecule has 0 spiro atoms. The Morgan fingerprint density at radius 1 is 1.28 bits per heavy atom. The van der Waals surface area contributed by atoms with E-state index in [0.717, 1.165) is 21.2 Å². The summed E-state index contributed by atoms with van der Waals surface area (Å²) in [6.45, 7) is 9.58. The number of ether oxygens (including phenoxy) is 1. The molecule has 4 heteroatoms. The predicted octanol–water partition coefficient (Wildman–Crippen LogP) is 3.86. The average Bonchev–Trinajstić information content (AvgIpc) is 2.28. The van der Waals surface area contributed by atoms with Crippen LogP contribution in [0.25, 0.3) is 0 Å². The maximum Gasteiger partial charge on any atom is 0.345 e. The molecule has 0 amide bonds. The normalized spacial score (nSPS) is 12.6. The SMILES string of the molecule is Cc1cc(OC(C(=O)O)C(C)C)c(C)c(C)c1Br. The van der Waals surface area contributed by atoms with E-state index in [4.69, 9.17) is 9.84 Å². The number of carbonyl (C=O) groups is 1. The maximum atomic E-state index is 11.2. The molecule has 1 unspecified atom stereocenters. The molecule has 0 aliphatic rings. The van der Waals surface area contributed by atoms with Gasteiger partial charge in [-0.05, 0) is 43.5 Å². The zero-order valence-corrected chi connectivity index (χ0v) is 13.0. The summed E-state index contributed by atoms with van der Waals surface area (Å²) in [5.41, 5.74) is 3.10. The number of rotatable bonds is 4. The van der Waals surface area contributed by atoms with Crippen LogP contribution in [-0.2, 0) is 4.79 Å². The third kappa shape index (κ3) is 3.05. The summed E-state index contributed by atoms with van der Waals surface area (Å²) >= 11 is 3.52. The van der Waals surface area contributed by atoms with E-state index < -0.39 is 12.1 Å². The number of hydrogen-bond acceptors (Lipinski definition) is 2. The highest BCUT2D eigenvalue weighted by Gasteiger charge is 2.24. The number of benzene rings is 1. The molecule has 1 N–H and O–H groups in total. The van der Waals surface area contributed by atoms with E-state index in [1.807, 2.05) is 40.7 Å². The molecule has 0 aromatic heterocycles. The first kappa shape index (κ1) is 15.0. The summed E-state index contributed by atoms with van der Waals surface area (Å²) in [5.74, 6) is -0.358. The van der Waals surface area contributed by atoms with Crippen molar-refractivity contribution in [3.8, 4) is 5.75 Å². The topological polar surface area (TPSA) is 46.5 Å². The number of aliphatic carboxylic acids is 1. The molecule has 0 fully saturated rings. The quantitative estimate of drug-likeness (QED) is 0.917. The predicted molar refractivity (Wildman–Crippen MR) is 75.2 cm³/mol. The van der Waals surface area contributed by atoms with Gasteiger partial charge in [0.05, 0.1) is 0 Å². The lowest BCUT2D eigenvalue weighted by atomic mass is 10.0. The van der Waals surface area contributed by atoms with Crippen molar-refractivity contribution in [1.82, 2.24) is 0 Å². The Labute approximate surface area is 116 Å². The van der Waals surface area contributed by atoms with Crippen molar-refractivity contribution in [2.24, 2.45) is 5.92 Å². The van der Waals surface area contributed by atoms with Gasteiger partial charge in [-0.25, -0.2) is 4.79 Å². The van der Waals surface area contributed by atoms with Gasteiger partial charge in [0.2, 0.25) is 0 Å². The monoisotopic (exact) mass is 314 g/mol. The Morgan fingerprint density at radius 3 is 2.28 bits per heavy atom. The summed E-state index contributed by atoms with van der Waals surface area (Å²) in [4.78, 5) is 11.2. The van der Waals surface area contributed by atoms with Crippen LogP contribution < -0.4 is 4.74 Å². The first-order valence-electron chi connectivity index (χ1n) is 5.91. The molecule has 0 saturated heterocycles. The van der Waals surface area contributed by atoms with Crippen molar-refractivity contribution in [3.05, 3.63) is 27.2 Å². The molecule has 1 atom stereocenters. The van der Waals surface area contributed by atoms with Gasteiger partial charge in [-0.15, -0.1) is 0 Å². The molecule has 18 heavy (non-hydrogen) atoms. The fourth-order valence-corrected chi connectivity index (χ4v) is 2.16. The number of aryl methyl sites for hydroxylation is 1. The van der Waals surface area contributed by atoms with Gasteiger partial charge in [0.25, 0.3) is 0 Å². The molecule has 0 bridgehead atoms. The van der Waals surface area contributed by atoms with E-state index in [2.05, 4.69) is 15.9 Å². The van der Waals surface area contributed by atoms with Crippen LogP contribution >= 0.6 is 15.9 Å². The van der Waals surface area contributed by atoms with Crippen LogP contribution in [0.2, 0.25) is 0 Å². The highest BCUT2D eigenvalue weighted by molar-refractivity contribution is 9.10. The van der Waals surface area contributed by atoms with E-state index in [9.17, 15) is 4.79 Å². The van der Waals surface area contributed by atoms with Crippen LogP contribution in [0, 0.1) is 26.7 Å². The largest absolute Gasteiger partial charge is 0.478 e. The van der Waals surface area contributed by atoms with Crippen LogP contribution in [-0.4, -0.2) is 17.2 Å². The van der Waals surface area contributed by atoms with E-state index in [1.165, 1.54) is 0 Å². The second-order valence-electron chi connectivity index (χ2n) is 4.88. The summed E-state index contributed by atoms with van der Waals surface area (Å²) in [7, 11) is 0. The number of carboxylic acids is 1. The highest BCUT2D eigenvalue weighted by atomic mass is 79.9. The summed E-state index contributed by atoms with van der Waals surface area (Å²) in [6.07, 6.45) is -0.816. The van der Waals surface area contributed by atoms with Crippen LogP contribution in [0.5, 0.6) is 5.75 Å². The maximum absolute atomic E-state index is 11.2. The summed E-state index contributed by atoms with van der Waals surface area (Å²) < 4.78 is 6.71. The Hall–Kier alpha value is -1.03. The molecular weight excluding hydrogens is 296 g/mol. The lowest BCUT2D eigenvalue weighted by molar-refractivity contribution is -0.147. The fourth-order valence-electron chi connectivity index (χ4n) is 1.74. The Bertz CT molecular complexity index is 467. The lowest BCUT2D eigenvalue weighted by Crippen LogP contribution is -2.32. The second-order valence-corrected chi connectivity index (χ2v) is 5.67. The van der Waals surface area contributed by atoms with Gasteiger partial charge in [-0.2, -0.15) is 0 Å². The first-order chi connectivity index (χ1) is 8.25. The zero-order chi connectivity index (χ0) is 14.0. The Morgan fingerprint density at radius 2 is 1.83 bits per heavy atom. The standard InChI is InChI=1S/C14H19BrO3/c1-7(2)13(14(16)17)18-11-6-8(3)12(15)10(5)9(11)4/h6-7,13H,1-5H3,(H,16,17). The molecule has 3 nitrogen and oxygen atoms in total. The molecule has 0 radical (unpaired) electrons. The molecule has 1 aromatic rings. The highest BCUT2D eigenvalue weighted by Crippen LogP contribution is 2.32. The number of hydrogen-bond donors (Lipinski definition) is 1. The van der Waals surface area contributed by atoms with Gasteiger partial charge in [0, 0.05) is 10.4 Å². The minimum Gasteiger partial charge on any atom is -0.478 e. The lowest BCUT2D eigenvalue weighted by Gasteiger charge is -2.21. The molecule has 0 aliphatic heterocycles. The smallest absolute Gasteiger partial charge is 0.345 e. The van der Waals surface area contributed by atoms with Crippen LogP contribution in [0.4, 0.5) is 0 Å². The molecule has 0 aliphatic carbocycles.